The van der Waals surface area contributed by atoms with E-state index >= 15 is 0 Å². The highest BCUT2D eigenvalue weighted by Gasteiger charge is 2.13. The summed E-state index contributed by atoms with van der Waals surface area (Å²) in [6, 6.07) is 7.39. The summed E-state index contributed by atoms with van der Waals surface area (Å²) in [5, 5.41) is 2.78. The van der Waals surface area contributed by atoms with Crippen LogP contribution in [0, 0.1) is 0 Å². The van der Waals surface area contributed by atoms with Gasteiger partial charge in [-0.1, -0.05) is 31.9 Å². The van der Waals surface area contributed by atoms with Crippen molar-refractivity contribution in [2.24, 2.45) is 0 Å². The quantitative estimate of drug-likeness (QED) is 0.773. The first-order valence-corrected chi connectivity index (χ1v) is 7.62. The Kier molecular flexibility index (Phi) is 7.30. The summed E-state index contributed by atoms with van der Waals surface area (Å²) in [4.78, 5) is 25.2. The molecule has 0 atom stereocenters. The number of carbonyl (C=O) groups is 2. The molecule has 1 aromatic carbocycles. The van der Waals surface area contributed by atoms with E-state index in [9.17, 15) is 9.59 Å². The van der Waals surface area contributed by atoms with E-state index in [0.717, 1.165) is 23.7 Å². The maximum absolute atomic E-state index is 11.9. The number of nitrogens with zero attached hydrogens (tertiary/aromatic N) is 1. The molecule has 0 aliphatic carbocycles. The number of rotatable bonds is 7. The van der Waals surface area contributed by atoms with Gasteiger partial charge in [-0.25, -0.2) is 0 Å². The van der Waals surface area contributed by atoms with Crippen molar-refractivity contribution in [3.63, 3.8) is 0 Å². The second kappa shape index (κ2) is 8.74. The second-order valence-corrected chi connectivity index (χ2v) is 5.59. The Morgan fingerprint density at radius 2 is 1.95 bits per heavy atom. The van der Waals surface area contributed by atoms with Gasteiger partial charge in [-0.05, 0) is 34.5 Å². The topological polar surface area (TPSA) is 49.4 Å². The van der Waals surface area contributed by atoms with Crippen LogP contribution in [0.5, 0.6) is 0 Å². The number of hydrogen-bond acceptors (Lipinski definition) is 2. The largest absolute Gasteiger partial charge is 0.336 e. The van der Waals surface area contributed by atoms with Crippen molar-refractivity contribution >= 4 is 33.4 Å². The van der Waals surface area contributed by atoms with E-state index in [1.54, 1.807) is 7.05 Å². The van der Waals surface area contributed by atoms with Gasteiger partial charge in [-0.2, -0.15) is 0 Å². The molecule has 2 amide bonds. The first-order valence-electron chi connectivity index (χ1n) is 6.83. The summed E-state index contributed by atoms with van der Waals surface area (Å²) >= 11 is 3.37. The van der Waals surface area contributed by atoms with Crippen molar-refractivity contribution in [3.8, 4) is 0 Å². The molecule has 1 rings (SSSR count). The molecule has 0 saturated carbocycles. The molecule has 5 heteroatoms. The average Bonchev–Trinajstić information content (AvgIpc) is 2.41. The van der Waals surface area contributed by atoms with Crippen LogP contribution >= 0.6 is 15.9 Å². The van der Waals surface area contributed by atoms with Gasteiger partial charge in [0.1, 0.15) is 0 Å². The van der Waals surface area contributed by atoms with Crippen LogP contribution in [0.3, 0.4) is 0 Å². The van der Waals surface area contributed by atoms with Crippen molar-refractivity contribution in [2.45, 2.75) is 32.6 Å². The third kappa shape index (κ3) is 5.74. The van der Waals surface area contributed by atoms with Gasteiger partial charge in [0, 0.05) is 17.9 Å². The number of amides is 2. The molecule has 0 radical (unpaired) electrons. The molecule has 0 aliphatic heterocycles. The Morgan fingerprint density at radius 3 is 2.60 bits per heavy atom. The van der Waals surface area contributed by atoms with Crippen LogP contribution in [0.25, 0.3) is 0 Å². The predicted octanol–water partition coefficient (Wildman–Crippen LogP) is 3.43. The van der Waals surface area contributed by atoms with E-state index in [-0.39, 0.29) is 18.4 Å². The van der Waals surface area contributed by atoms with E-state index < -0.39 is 0 Å². The van der Waals surface area contributed by atoms with Crippen LogP contribution in [0.15, 0.2) is 28.7 Å². The second-order valence-electron chi connectivity index (χ2n) is 4.73. The SMILES string of the molecule is CCCCCC(=O)N(C)CC(=O)Nc1ccccc1Br. The van der Waals surface area contributed by atoms with Crippen molar-refractivity contribution in [2.75, 3.05) is 18.9 Å². The molecule has 0 heterocycles. The number of hydrogen-bond donors (Lipinski definition) is 1. The van der Waals surface area contributed by atoms with Crippen molar-refractivity contribution in [1.29, 1.82) is 0 Å². The van der Waals surface area contributed by atoms with E-state index in [0.29, 0.717) is 12.1 Å². The highest BCUT2D eigenvalue weighted by molar-refractivity contribution is 9.10. The zero-order valence-electron chi connectivity index (χ0n) is 12.0. The monoisotopic (exact) mass is 340 g/mol. The van der Waals surface area contributed by atoms with Gasteiger partial charge >= 0.3 is 0 Å². The molecule has 0 saturated heterocycles. The molecule has 110 valence electrons. The number of para-hydroxylation sites is 1. The normalized spacial score (nSPS) is 10.2. The fourth-order valence-corrected chi connectivity index (χ4v) is 2.16. The minimum atomic E-state index is -0.191. The summed E-state index contributed by atoms with van der Waals surface area (Å²) in [7, 11) is 1.66. The number of nitrogens with one attached hydrogen (secondary N) is 1. The number of carbonyl (C=O) groups excluding carboxylic acids is 2. The molecule has 0 fully saturated rings. The zero-order valence-corrected chi connectivity index (χ0v) is 13.6. The molecule has 0 aromatic heterocycles. The van der Waals surface area contributed by atoms with Gasteiger partial charge in [0.25, 0.3) is 0 Å². The molecule has 20 heavy (non-hydrogen) atoms. The van der Waals surface area contributed by atoms with Crippen LogP contribution in [0.1, 0.15) is 32.6 Å². The molecule has 1 N–H and O–H groups in total. The summed E-state index contributed by atoms with van der Waals surface area (Å²) in [6.45, 7) is 2.17. The Balaban J connectivity index is 2.42. The Morgan fingerprint density at radius 1 is 1.25 bits per heavy atom. The first kappa shape index (κ1) is 16.7. The summed E-state index contributed by atoms with van der Waals surface area (Å²) in [5.41, 5.74) is 0.712. The first-order chi connectivity index (χ1) is 9.54. The van der Waals surface area contributed by atoms with Crippen LogP contribution < -0.4 is 5.32 Å². The maximum Gasteiger partial charge on any atom is 0.244 e. The van der Waals surface area contributed by atoms with Gasteiger partial charge in [-0.3, -0.25) is 9.59 Å². The van der Waals surface area contributed by atoms with Crippen LogP contribution in [-0.2, 0) is 9.59 Å². The fraction of sp³-hybridized carbons (Fsp3) is 0.467. The van der Waals surface area contributed by atoms with Gasteiger partial charge < -0.3 is 10.2 Å². The van der Waals surface area contributed by atoms with E-state index in [1.807, 2.05) is 24.3 Å². The molecule has 0 unspecified atom stereocenters. The van der Waals surface area contributed by atoms with Crippen molar-refractivity contribution < 1.29 is 9.59 Å². The average molecular weight is 341 g/mol. The predicted molar refractivity (Wildman–Crippen MR) is 84.6 cm³/mol. The number of benzene rings is 1. The lowest BCUT2D eigenvalue weighted by Gasteiger charge is -2.17. The summed E-state index contributed by atoms with van der Waals surface area (Å²) in [5.74, 6) is -0.177. The lowest BCUT2D eigenvalue weighted by Crippen LogP contribution is -2.34. The third-order valence-electron chi connectivity index (χ3n) is 2.95. The minimum absolute atomic E-state index is 0.0146. The van der Waals surface area contributed by atoms with Crippen molar-refractivity contribution in [1.82, 2.24) is 4.90 Å². The van der Waals surface area contributed by atoms with Gasteiger partial charge in [0.05, 0.1) is 12.2 Å². The standard InChI is InChI=1S/C15H21BrN2O2/c1-3-4-5-10-15(20)18(2)11-14(19)17-13-9-7-6-8-12(13)16/h6-9H,3-5,10-11H2,1-2H3,(H,17,19). The van der Waals surface area contributed by atoms with E-state index in [1.165, 1.54) is 4.90 Å². The molecular weight excluding hydrogens is 320 g/mol. The van der Waals surface area contributed by atoms with Crippen LogP contribution in [0.4, 0.5) is 5.69 Å². The molecule has 0 spiro atoms. The summed E-state index contributed by atoms with van der Waals surface area (Å²) in [6.07, 6.45) is 3.51. The van der Waals surface area contributed by atoms with Crippen LogP contribution in [-0.4, -0.2) is 30.3 Å². The van der Waals surface area contributed by atoms with Gasteiger partial charge in [-0.15, -0.1) is 0 Å². The highest BCUT2D eigenvalue weighted by Crippen LogP contribution is 2.20. The number of halogens is 1. The number of anilines is 1. The van der Waals surface area contributed by atoms with E-state index in [4.69, 9.17) is 0 Å². The van der Waals surface area contributed by atoms with Gasteiger partial charge in [0.2, 0.25) is 11.8 Å². The van der Waals surface area contributed by atoms with Crippen LogP contribution in [0.2, 0.25) is 0 Å². The lowest BCUT2D eigenvalue weighted by molar-refractivity contribution is -0.133. The minimum Gasteiger partial charge on any atom is -0.336 e. The molecule has 1 aromatic rings. The molecular formula is C15H21BrN2O2. The Hall–Kier alpha value is -1.36. The zero-order chi connectivity index (χ0) is 15.0. The van der Waals surface area contributed by atoms with E-state index in [2.05, 4.69) is 28.2 Å². The Bertz CT molecular complexity index is 463. The van der Waals surface area contributed by atoms with Gasteiger partial charge in [0.15, 0.2) is 0 Å². The molecule has 0 bridgehead atoms. The third-order valence-corrected chi connectivity index (χ3v) is 3.64. The fourth-order valence-electron chi connectivity index (χ4n) is 1.77. The molecule has 4 nitrogen and oxygen atoms in total. The number of unbranched alkanes of at least 4 members (excludes halogenated alkanes) is 2. The highest BCUT2D eigenvalue weighted by atomic mass is 79.9. The van der Waals surface area contributed by atoms with Crippen molar-refractivity contribution in [3.05, 3.63) is 28.7 Å². The maximum atomic E-state index is 11.9. The smallest absolute Gasteiger partial charge is 0.244 e. The summed E-state index contributed by atoms with van der Waals surface area (Å²) < 4.78 is 0.824. The lowest BCUT2D eigenvalue weighted by atomic mass is 10.2. The number of likely N-dealkylation sites (N-methyl/N-ethyl adjacent to an activating group) is 1. The Labute approximate surface area is 128 Å². The molecule has 0 aliphatic rings.